The summed E-state index contributed by atoms with van der Waals surface area (Å²) in [5, 5.41) is 11.9. The summed E-state index contributed by atoms with van der Waals surface area (Å²) in [5.41, 5.74) is 2.98. The lowest BCUT2D eigenvalue weighted by Gasteiger charge is -2.10. The van der Waals surface area contributed by atoms with Crippen LogP contribution in [0, 0.1) is 6.92 Å². The van der Waals surface area contributed by atoms with E-state index in [9.17, 15) is 9.90 Å². The monoisotopic (exact) mass is 344 g/mol. The molecule has 5 nitrogen and oxygen atoms in total. The molecule has 1 heterocycles. The number of phenols is 1. The number of rotatable bonds is 3. The summed E-state index contributed by atoms with van der Waals surface area (Å²) in [6.45, 7) is 1.82. The predicted octanol–water partition coefficient (Wildman–Crippen LogP) is 4.15. The molecule has 0 saturated heterocycles. The molecular formula is C21H16N2O3. The van der Waals surface area contributed by atoms with E-state index in [1.165, 1.54) is 0 Å². The highest BCUT2D eigenvalue weighted by Gasteiger charge is 2.16. The van der Waals surface area contributed by atoms with Gasteiger partial charge in [-0.05, 0) is 30.5 Å². The highest BCUT2D eigenvalue weighted by atomic mass is 16.5. The van der Waals surface area contributed by atoms with E-state index in [1.807, 2.05) is 49.4 Å². The first-order valence-electron chi connectivity index (χ1n) is 8.23. The lowest BCUT2D eigenvalue weighted by Crippen LogP contribution is -2.08. The van der Waals surface area contributed by atoms with Crippen molar-refractivity contribution in [1.29, 1.82) is 0 Å². The standard InChI is InChI=1S/C21H16N2O3/c1-13-19(23-18-9-5-4-8-17(18)22-13)12-26-21(25)16-11-10-14-6-2-3-7-15(14)20(16)24/h2-11,24H,12H2,1H3. The number of aryl methyl sites for hydroxylation is 1. The largest absolute Gasteiger partial charge is 0.506 e. The summed E-state index contributed by atoms with van der Waals surface area (Å²) in [6.07, 6.45) is 0. The summed E-state index contributed by atoms with van der Waals surface area (Å²) in [7, 11) is 0. The fourth-order valence-corrected chi connectivity index (χ4v) is 2.89. The smallest absolute Gasteiger partial charge is 0.342 e. The fourth-order valence-electron chi connectivity index (χ4n) is 2.89. The van der Waals surface area contributed by atoms with Gasteiger partial charge in [-0.3, -0.25) is 0 Å². The minimum Gasteiger partial charge on any atom is -0.506 e. The summed E-state index contributed by atoms with van der Waals surface area (Å²) in [5.74, 6) is -0.669. The van der Waals surface area contributed by atoms with Crippen LogP contribution in [0.3, 0.4) is 0 Å². The second kappa shape index (κ2) is 6.44. The fraction of sp³-hybridized carbons (Fsp3) is 0.0952. The van der Waals surface area contributed by atoms with Crippen molar-refractivity contribution < 1.29 is 14.6 Å². The second-order valence-corrected chi connectivity index (χ2v) is 6.00. The molecule has 1 N–H and O–H groups in total. The highest BCUT2D eigenvalue weighted by molar-refractivity contribution is 6.01. The number of phenolic OH excluding ortho intramolecular Hbond substituents is 1. The Morgan fingerprint density at radius 3 is 2.46 bits per heavy atom. The zero-order valence-electron chi connectivity index (χ0n) is 14.1. The van der Waals surface area contributed by atoms with Crippen LogP contribution in [0.5, 0.6) is 5.75 Å². The molecule has 0 unspecified atom stereocenters. The first-order chi connectivity index (χ1) is 12.6. The average molecular weight is 344 g/mol. The van der Waals surface area contributed by atoms with Crippen LogP contribution in [-0.2, 0) is 11.3 Å². The van der Waals surface area contributed by atoms with Crippen molar-refractivity contribution >= 4 is 27.8 Å². The maximum absolute atomic E-state index is 12.4. The Kier molecular flexibility index (Phi) is 3.97. The Labute approximate surface area is 149 Å². The molecule has 0 atom stereocenters. The number of hydrogen-bond donors (Lipinski definition) is 1. The molecule has 128 valence electrons. The molecule has 0 spiro atoms. The third-order valence-electron chi connectivity index (χ3n) is 4.30. The zero-order chi connectivity index (χ0) is 18.1. The number of ether oxygens (including phenoxy) is 1. The number of aromatic hydroxyl groups is 1. The van der Waals surface area contributed by atoms with Crippen LogP contribution in [0.25, 0.3) is 21.8 Å². The van der Waals surface area contributed by atoms with Crippen molar-refractivity contribution in [2.75, 3.05) is 0 Å². The quantitative estimate of drug-likeness (QED) is 0.565. The molecule has 0 saturated carbocycles. The normalized spacial score (nSPS) is 11.0. The maximum Gasteiger partial charge on any atom is 0.342 e. The SMILES string of the molecule is Cc1nc2ccccc2nc1COC(=O)c1ccc2ccccc2c1O. The van der Waals surface area contributed by atoms with Crippen molar-refractivity contribution in [2.24, 2.45) is 0 Å². The number of carbonyl (C=O) groups excluding carboxylic acids is 1. The third kappa shape index (κ3) is 2.84. The molecule has 0 amide bonds. The molecule has 26 heavy (non-hydrogen) atoms. The van der Waals surface area contributed by atoms with Gasteiger partial charge in [0.1, 0.15) is 17.9 Å². The predicted molar refractivity (Wildman–Crippen MR) is 99.0 cm³/mol. The molecule has 0 aliphatic carbocycles. The molecule has 5 heteroatoms. The Morgan fingerprint density at radius 1 is 0.962 bits per heavy atom. The van der Waals surface area contributed by atoms with Gasteiger partial charge < -0.3 is 9.84 Å². The number of benzene rings is 3. The lowest BCUT2D eigenvalue weighted by molar-refractivity contribution is 0.0464. The zero-order valence-corrected chi connectivity index (χ0v) is 14.1. The summed E-state index contributed by atoms with van der Waals surface area (Å²) >= 11 is 0. The first kappa shape index (κ1) is 16.0. The number of nitrogens with zero attached hydrogens (tertiary/aromatic N) is 2. The number of fused-ring (bicyclic) bond motifs is 2. The molecule has 0 radical (unpaired) electrons. The van der Waals surface area contributed by atoms with Crippen LogP contribution in [0.15, 0.2) is 60.7 Å². The summed E-state index contributed by atoms with van der Waals surface area (Å²) < 4.78 is 5.37. The van der Waals surface area contributed by atoms with Crippen LogP contribution in [-0.4, -0.2) is 21.0 Å². The highest BCUT2D eigenvalue weighted by Crippen LogP contribution is 2.29. The van der Waals surface area contributed by atoms with Crippen LogP contribution in [0.2, 0.25) is 0 Å². The van der Waals surface area contributed by atoms with Gasteiger partial charge in [0, 0.05) is 5.39 Å². The number of carbonyl (C=O) groups is 1. The maximum atomic E-state index is 12.4. The Morgan fingerprint density at radius 2 is 1.65 bits per heavy atom. The van der Waals surface area contributed by atoms with Crippen molar-refractivity contribution in [3.05, 3.63) is 77.6 Å². The lowest BCUT2D eigenvalue weighted by atomic mass is 10.1. The molecule has 0 fully saturated rings. The van der Waals surface area contributed by atoms with Crippen LogP contribution in [0.4, 0.5) is 0 Å². The minimum absolute atomic E-state index is 0.00519. The molecule has 0 aliphatic heterocycles. The Bertz CT molecular complexity index is 1140. The van der Waals surface area contributed by atoms with E-state index in [0.717, 1.165) is 16.4 Å². The van der Waals surface area contributed by atoms with Gasteiger partial charge in [0.15, 0.2) is 0 Å². The van der Waals surface area contributed by atoms with Crippen molar-refractivity contribution in [3.8, 4) is 5.75 Å². The van der Waals surface area contributed by atoms with Gasteiger partial charge in [-0.15, -0.1) is 0 Å². The van der Waals surface area contributed by atoms with E-state index in [-0.39, 0.29) is 17.9 Å². The molecule has 0 aliphatic rings. The first-order valence-corrected chi connectivity index (χ1v) is 8.23. The minimum atomic E-state index is -0.595. The summed E-state index contributed by atoms with van der Waals surface area (Å²) in [4.78, 5) is 21.4. The number of hydrogen-bond acceptors (Lipinski definition) is 5. The van der Waals surface area contributed by atoms with Gasteiger partial charge in [0.05, 0.1) is 22.4 Å². The molecule has 0 bridgehead atoms. The van der Waals surface area contributed by atoms with E-state index in [0.29, 0.717) is 16.8 Å². The van der Waals surface area contributed by atoms with Crippen molar-refractivity contribution in [2.45, 2.75) is 13.5 Å². The van der Waals surface area contributed by atoms with E-state index in [1.54, 1.807) is 18.2 Å². The van der Waals surface area contributed by atoms with Crippen LogP contribution in [0.1, 0.15) is 21.7 Å². The summed E-state index contributed by atoms with van der Waals surface area (Å²) in [6, 6.07) is 18.2. The average Bonchev–Trinajstić information content (AvgIpc) is 2.66. The molecule has 3 aromatic carbocycles. The van der Waals surface area contributed by atoms with E-state index in [2.05, 4.69) is 9.97 Å². The molecule has 4 aromatic rings. The van der Waals surface area contributed by atoms with Gasteiger partial charge in [-0.25, -0.2) is 14.8 Å². The number of para-hydroxylation sites is 2. The van der Waals surface area contributed by atoms with Crippen molar-refractivity contribution in [3.63, 3.8) is 0 Å². The Hall–Kier alpha value is -3.47. The third-order valence-corrected chi connectivity index (χ3v) is 4.30. The second-order valence-electron chi connectivity index (χ2n) is 6.00. The van der Waals surface area contributed by atoms with E-state index in [4.69, 9.17) is 4.74 Å². The van der Waals surface area contributed by atoms with Crippen LogP contribution < -0.4 is 0 Å². The molecule has 1 aromatic heterocycles. The topological polar surface area (TPSA) is 72.3 Å². The van der Waals surface area contributed by atoms with Gasteiger partial charge in [-0.2, -0.15) is 0 Å². The van der Waals surface area contributed by atoms with E-state index >= 15 is 0 Å². The van der Waals surface area contributed by atoms with Gasteiger partial charge in [0.2, 0.25) is 0 Å². The number of aromatic nitrogens is 2. The van der Waals surface area contributed by atoms with Gasteiger partial charge in [0.25, 0.3) is 0 Å². The van der Waals surface area contributed by atoms with Crippen molar-refractivity contribution in [1.82, 2.24) is 9.97 Å². The van der Waals surface area contributed by atoms with Gasteiger partial charge >= 0.3 is 5.97 Å². The molecule has 4 rings (SSSR count). The van der Waals surface area contributed by atoms with Crippen LogP contribution >= 0.6 is 0 Å². The number of esters is 1. The van der Waals surface area contributed by atoms with Gasteiger partial charge in [-0.1, -0.05) is 42.5 Å². The Balaban J connectivity index is 1.59. The molecular weight excluding hydrogens is 328 g/mol. The van der Waals surface area contributed by atoms with E-state index < -0.39 is 5.97 Å².